The van der Waals surface area contributed by atoms with E-state index in [0.29, 0.717) is 23.9 Å². The molecule has 1 fully saturated rings. The van der Waals surface area contributed by atoms with Crippen molar-refractivity contribution >= 4 is 21.6 Å². The predicted molar refractivity (Wildman–Crippen MR) is 95.6 cm³/mol. The van der Waals surface area contributed by atoms with Crippen molar-refractivity contribution in [1.82, 2.24) is 8.87 Å². The van der Waals surface area contributed by atoms with Gasteiger partial charge in [-0.05, 0) is 37.1 Å². The number of aromatic nitrogens is 1. The van der Waals surface area contributed by atoms with Crippen LogP contribution in [0.25, 0.3) is 0 Å². The second-order valence-corrected chi connectivity index (χ2v) is 8.19. The van der Waals surface area contributed by atoms with E-state index in [0.717, 1.165) is 12.8 Å². The Morgan fingerprint density at radius 1 is 1.12 bits per heavy atom. The van der Waals surface area contributed by atoms with Crippen LogP contribution in [0.5, 0.6) is 5.75 Å². The molecule has 1 aliphatic rings. The van der Waals surface area contributed by atoms with Gasteiger partial charge in [-0.15, -0.1) is 0 Å². The van der Waals surface area contributed by atoms with Crippen molar-refractivity contribution in [2.45, 2.75) is 24.3 Å². The largest absolute Gasteiger partial charge is 0.492 e. The molecule has 25 heavy (non-hydrogen) atoms. The first-order valence-corrected chi connectivity index (χ1v) is 9.88. The van der Waals surface area contributed by atoms with E-state index in [2.05, 4.69) is 0 Å². The number of sulfonamides is 1. The van der Waals surface area contributed by atoms with Gasteiger partial charge in [0.1, 0.15) is 12.4 Å². The fourth-order valence-corrected chi connectivity index (χ4v) is 4.45. The molecular weight excluding hydrogens is 364 g/mol. The molecule has 8 heteroatoms. The number of nitrogens with zero attached hydrogens (tertiary/aromatic N) is 2. The van der Waals surface area contributed by atoms with Gasteiger partial charge in [0.2, 0.25) is 10.0 Å². The second-order valence-electron chi connectivity index (χ2n) is 5.81. The Labute approximate surface area is 151 Å². The summed E-state index contributed by atoms with van der Waals surface area (Å²) >= 11 is 5.89. The molecule has 2 heterocycles. The first-order valence-electron chi connectivity index (χ1n) is 8.06. The molecule has 0 saturated carbocycles. The van der Waals surface area contributed by atoms with Gasteiger partial charge in [-0.2, -0.15) is 4.31 Å². The summed E-state index contributed by atoms with van der Waals surface area (Å²) in [6, 6.07) is 9.60. The number of rotatable bonds is 6. The van der Waals surface area contributed by atoms with Crippen molar-refractivity contribution in [3.05, 3.63) is 58.0 Å². The van der Waals surface area contributed by atoms with Crippen LogP contribution in [0.3, 0.4) is 0 Å². The molecule has 0 N–H and O–H groups in total. The third-order valence-corrected chi connectivity index (χ3v) is 6.17. The predicted octanol–water partition coefficient (Wildman–Crippen LogP) is 2.37. The van der Waals surface area contributed by atoms with Crippen LogP contribution in [-0.4, -0.2) is 37.0 Å². The lowest BCUT2D eigenvalue weighted by molar-refractivity contribution is 0.296. The molecule has 0 spiro atoms. The van der Waals surface area contributed by atoms with Crippen LogP contribution >= 0.6 is 11.6 Å². The SMILES string of the molecule is O=c1ccc(S(=O)(=O)N2CCCC2)cn1CCOc1cccc(Cl)c1. The first-order chi connectivity index (χ1) is 12.0. The number of hydrogen-bond donors (Lipinski definition) is 0. The zero-order chi connectivity index (χ0) is 17.9. The van der Waals surface area contributed by atoms with Gasteiger partial charge in [-0.1, -0.05) is 17.7 Å². The van der Waals surface area contributed by atoms with Crippen molar-refractivity contribution < 1.29 is 13.2 Å². The van der Waals surface area contributed by atoms with Gasteiger partial charge in [0.05, 0.1) is 11.4 Å². The summed E-state index contributed by atoms with van der Waals surface area (Å²) < 4.78 is 33.6. The van der Waals surface area contributed by atoms with Gasteiger partial charge in [-0.3, -0.25) is 4.79 Å². The van der Waals surface area contributed by atoms with Gasteiger partial charge in [0, 0.05) is 30.4 Å². The number of halogens is 1. The molecular formula is C17H19ClN2O4S. The zero-order valence-corrected chi connectivity index (χ0v) is 15.2. The zero-order valence-electron chi connectivity index (χ0n) is 13.6. The Hall–Kier alpha value is -1.83. The van der Waals surface area contributed by atoms with Crippen LogP contribution in [0, 0.1) is 0 Å². The molecule has 0 unspecified atom stereocenters. The van der Waals surface area contributed by atoms with Crippen molar-refractivity contribution in [3.63, 3.8) is 0 Å². The van der Waals surface area contributed by atoms with Crippen LogP contribution in [0.1, 0.15) is 12.8 Å². The molecule has 0 atom stereocenters. The van der Waals surface area contributed by atoms with Crippen LogP contribution < -0.4 is 10.3 Å². The molecule has 0 amide bonds. The smallest absolute Gasteiger partial charge is 0.250 e. The highest BCUT2D eigenvalue weighted by molar-refractivity contribution is 7.89. The monoisotopic (exact) mass is 382 g/mol. The minimum atomic E-state index is -3.55. The van der Waals surface area contributed by atoms with Crippen LogP contribution in [0.2, 0.25) is 5.02 Å². The lowest BCUT2D eigenvalue weighted by Crippen LogP contribution is -2.30. The van der Waals surface area contributed by atoms with Gasteiger partial charge >= 0.3 is 0 Å². The molecule has 1 aromatic carbocycles. The summed E-state index contributed by atoms with van der Waals surface area (Å²) in [5.41, 5.74) is -0.268. The molecule has 0 aliphatic carbocycles. The molecule has 2 aromatic rings. The van der Waals surface area contributed by atoms with Crippen LogP contribution in [0.4, 0.5) is 0 Å². The minimum absolute atomic E-state index is 0.136. The molecule has 1 aliphatic heterocycles. The maximum atomic E-state index is 12.6. The Bertz CT molecular complexity index is 905. The van der Waals surface area contributed by atoms with Crippen LogP contribution in [-0.2, 0) is 16.6 Å². The second kappa shape index (κ2) is 7.59. The lowest BCUT2D eigenvalue weighted by atomic mass is 10.3. The maximum Gasteiger partial charge on any atom is 0.250 e. The van der Waals surface area contributed by atoms with E-state index in [1.807, 2.05) is 0 Å². The van der Waals surface area contributed by atoms with Gasteiger partial charge in [0.15, 0.2) is 0 Å². The highest BCUT2D eigenvalue weighted by Crippen LogP contribution is 2.20. The Balaban J connectivity index is 1.72. The molecule has 1 aromatic heterocycles. The highest BCUT2D eigenvalue weighted by Gasteiger charge is 2.27. The quantitative estimate of drug-likeness (QED) is 0.769. The molecule has 0 radical (unpaired) electrons. The van der Waals surface area contributed by atoms with E-state index in [1.54, 1.807) is 24.3 Å². The Morgan fingerprint density at radius 3 is 2.60 bits per heavy atom. The van der Waals surface area contributed by atoms with Gasteiger partial charge in [0.25, 0.3) is 5.56 Å². The van der Waals surface area contributed by atoms with E-state index in [4.69, 9.17) is 16.3 Å². The standard InChI is InChI=1S/C17H19ClN2O4S/c18-14-4-3-5-15(12-14)24-11-10-19-13-16(6-7-17(19)21)25(22,23)20-8-1-2-9-20/h3-7,12-13H,1-2,8-11H2. The number of benzene rings is 1. The normalized spacial score (nSPS) is 15.4. The summed E-state index contributed by atoms with van der Waals surface area (Å²) in [6.45, 7) is 1.53. The van der Waals surface area contributed by atoms with Crippen molar-refractivity contribution in [3.8, 4) is 5.75 Å². The maximum absolute atomic E-state index is 12.6. The third kappa shape index (κ3) is 4.23. The van der Waals surface area contributed by atoms with E-state index in [9.17, 15) is 13.2 Å². The minimum Gasteiger partial charge on any atom is -0.492 e. The van der Waals surface area contributed by atoms with E-state index < -0.39 is 10.0 Å². The average Bonchev–Trinajstić information content (AvgIpc) is 3.12. The highest BCUT2D eigenvalue weighted by atomic mass is 35.5. The van der Waals surface area contributed by atoms with Crippen LogP contribution in [0.15, 0.2) is 52.3 Å². The summed E-state index contributed by atoms with van der Waals surface area (Å²) in [5.74, 6) is 0.599. The number of ether oxygens (including phenoxy) is 1. The lowest BCUT2D eigenvalue weighted by Gasteiger charge is -2.16. The van der Waals surface area contributed by atoms with E-state index in [1.165, 1.54) is 27.2 Å². The fraction of sp³-hybridized carbons (Fsp3) is 0.353. The third-order valence-electron chi connectivity index (χ3n) is 4.06. The van der Waals surface area contributed by atoms with Gasteiger partial charge < -0.3 is 9.30 Å². The topological polar surface area (TPSA) is 68.6 Å². The fourth-order valence-electron chi connectivity index (χ4n) is 2.73. The Morgan fingerprint density at radius 2 is 1.88 bits per heavy atom. The molecule has 134 valence electrons. The number of pyridine rings is 1. The van der Waals surface area contributed by atoms with Gasteiger partial charge in [-0.25, -0.2) is 8.42 Å². The van der Waals surface area contributed by atoms with Crippen molar-refractivity contribution in [1.29, 1.82) is 0 Å². The molecule has 0 bridgehead atoms. The van der Waals surface area contributed by atoms with E-state index >= 15 is 0 Å². The Kier molecular flexibility index (Phi) is 5.46. The summed E-state index contributed by atoms with van der Waals surface area (Å²) in [7, 11) is -3.55. The summed E-state index contributed by atoms with van der Waals surface area (Å²) in [5, 5.41) is 0.563. The number of hydrogen-bond acceptors (Lipinski definition) is 4. The summed E-state index contributed by atoms with van der Waals surface area (Å²) in [4.78, 5) is 12.1. The van der Waals surface area contributed by atoms with E-state index in [-0.39, 0.29) is 23.6 Å². The first kappa shape index (κ1) is 18.0. The molecule has 1 saturated heterocycles. The van der Waals surface area contributed by atoms with Crippen molar-refractivity contribution in [2.75, 3.05) is 19.7 Å². The molecule has 3 rings (SSSR count). The molecule has 6 nitrogen and oxygen atoms in total. The summed E-state index contributed by atoms with van der Waals surface area (Å²) in [6.07, 6.45) is 3.12. The van der Waals surface area contributed by atoms with Crippen molar-refractivity contribution in [2.24, 2.45) is 0 Å². The average molecular weight is 383 g/mol.